The Bertz CT molecular complexity index is 1350. The summed E-state index contributed by atoms with van der Waals surface area (Å²) in [4.78, 5) is 30.4. The van der Waals surface area contributed by atoms with Gasteiger partial charge in [0.15, 0.2) is 5.78 Å². The normalized spacial score (nSPS) is 16.3. The number of carbonyl (C=O) groups is 2. The molecular formula is C39H52N4O4. The van der Waals surface area contributed by atoms with Crippen molar-refractivity contribution in [2.24, 2.45) is 0 Å². The second-order valence-electron chi connectivity index (χ2n) is 12.7. The molecule has 1 atom stereocenters. The van der Waals surface area contributed by atoms with Crippen molar-refractivity contribution in [3.8, 4) is 5.75 Å². The van der Waals surface area contributed by atoms with E-state index in [0.717, 1.165) is 23.5 Å². The number of carbonyl (C=O) groups excluding carboxylic acids is 1. The SMILES string of the molecule is C/C(=C/C(=O)c1ccccc1)NC(Cc1ccc(OCCN(C)c2ccccn2)cc1)C(=O)O.C1CCC(NC2CCCCC2)CC1. The Balaban J connectivity index is 0.000000318. The number of benzene rings is 2. The van der Waals surface area contributed by atoms with Gasteiger partial charge in [0.1, 0.15) is 24.2 Å². The molecule has 2 saturated carbocycles. The fraction of sp³-hybridized carbons (Fsp3) is 0.462. The first-order chi connectivity index (χ1) is 22.9. The first-order valence-corrected chi connectivity index (χ1v) is 17.2. The molecule has 2 aromatic carbocycles. The van der Waals surface area contributed by atoms with E-state index in [1.54, 1.807) is 37.4 Å². The number of aliphatic carboxylic acids is 1. The quantitative estimate of drug-likeness (QED) is 0.126. The standard InChI is InChI=1S/C27H29N3O4.C12H23N/c1-20(18-25(31)22-8-4-3-5-9-22)29-24(27(32)33)19-21-11-13-23(14-12-21)34-17-16-30(2)26-10-6-7-15-28-26;1-3-7-11(8-4-1)13-12-9-5-2-6-10-12/h3-15,18,24,29H,16-17,19H2,1-2H3,(H,32,33);11-13H,1-10H2/b20-18-;. The number of aromatic nitrogens is 1. The third-order valence-electron chi connectivity index (χ3n) is 8.89. The topological polar surface area (TPSA) is 104 Å². The average molecular weight is 641 g/mol. The molecule has 0 bridgehead atoms. The predicted molar refractivity (Wildman–Crippen MR) is 189 cm³/mol. The number of nitrogens with zero attached hydrogens (tertiary/aromatic N) is 2. The molecule has 0 saturated heterocycles. The number of pyridine rings is 1. The summed E-state index contributed by atoms with van der Waals surface area (Å²) < 4.78 is 5.81. The Morgan fingerprint density at radius 2 is 1.51 bits per heavy atom. The molecule has 0 spiro atoms. The Morgan fingerprint density at radius 1 is 0.894 bits per heavy atom. The van der Waals surface area contributed by atoms with Crippen LogP contribution in [-0.2, 0) is 11.2 Å². The van der Waals surface area contributed by atoms with Gasteiger partial charge in [-0.2, -0.15) is 0 Å². The molecule has 252 valence electrons. The van der Waals surface area contributed by atoms with E-state index < -0.39 is 12.0 Å². The van der Waals surface area contributed by atoms with Crippen LogP contribution in [0.3, 0.4) is 0 Å². The Morgan fingerprint density at radius 3 is 2.09 bits per heavy atom. The molecule has 0 aliphatic heterocycles. The average Bonchev–Trinajstić information content (AvgIpc) is 3.10. The van der Waals surface area contributed by atoms with E-state index in [2.05, 4.69) is 15.6 Å². The lowest BCUT2D eigenvalue weighted by atomic mass is 9.91. The van der Waals surface area contributed by atoms with Gasteiger partial charge >= 0.3 is 5.97 Å². The number of ether oxygens (including phenoxy) is 1. The maximum Gasteiger partial charge on any atom is 0.326 e. The number of carboxylic acids is 1. The third-order valence-corrected chi connectivity index (χ3v) is 8.89. The molecule has 2 aliphatic rings. The van der Waals surface area contributed by atoms with Gasteiger partial charge in [-0.1, -0.05) is 87.1 Å². The van der Waals surface area contributed by atoms with Crippen molar-refractivity contribution in [3.05, 3.63) is 102 Å². The number of ketones is 1. The summed E-state index contributed by atoms with van der Waals surface area (Å²) in [5.74, 6) is 0.425. The lowest BCUT2D eigenvalue weighted by Gasteiger charge is -2.30. The molecule has 0 radical (unpaired) electrons. The highest BCUT2D eigenvalue weighted by Gasteiger charge is 2.20. The molecule has 1 aromatic heterocycles. The van der Waals surface area contributed by atoms with Gasteiger partial charge in [0.2, 0.25) is 0 Å². The predicted octanol–water partition coefficient (Wildman–Crippen LogP) is 7.21. The van der Waals surface area contributed by atoms with E-state index in [4.69, 9.17) is 4.74 Å². The van der Waals surface area contributed by atoms with Crippen LogP contribution >= 0.6 is 0 Å². The number of nitrogens with one attached hydrogen (secondary N) is 2. The summed E-state index contributed by atoms with van der Waals surface area (Å²) in [6.07, 6.45) is 18.0. The fourth-order valence-electron chi connectivity index (χ4n) is 6.22. The third kappa shape index (κ3) is 12.9. The smallest absolute Gasteiger partial charge is 0.326 e. The van der Waals surface area contributed by atoms with Crippen LogP contribution in [0.4, 0.5) is 5.82 Å². The van der Waals surface area contributed by atoms with E-state index in [9.17, 15) is 14.7 Å². The zero-order chi connectivity index (χ0) is 33.3. The molecule has 3 N–H and O–H groups in total. The van der Waals surface area contributed by atoms with Gasteiger partial charge in [-0.3, -0.25) is 4.79 Å². The molecule has 1 heterocycles. The van der Waals surface area contributed by atoms with E-state index in [0.29, 0.717) is 30.2 Å². The summed E-state index contributed by atoms with van der Waals surface area (Å²) in [6.45, 7) is 2.86. The van der Waals surface area contributed by atoms with Crippen molar-refractivity contribution in [1.82, 2.24) is 15.6 Å². The molecule has 2 fully saturated rings. The summed E-state index contributed by atoms with van der Waals surface area (Å²) in [6, 6.07) is 22.9. The number of anilines is 1. The molecule has 5 rings (SSSR count). The van der Waals surface area contributed by atoms with Crippen molar-refractivity contribution < 1.29 is 19.4 Å². The minimum Gasteiger partial charge on any atom is -0.492 e. The van der Waals surface area contributed by atoms with Gasteiger partial charge < -0.3 is 25.4 Å². The van der Waals surface area contributed by atoms with E-state index >= 15 is 0 Å². The lowest BCUT2D eigenvalue weighted by Crippen LogP contribution is -2.40. The van der Waals surface area contributed by atoms with E-state index in [1.807, 2.05) is 60.5 Å². The maximum absolute atomic E-state index is 12.3. The molecule has 47 heavy (non-hydrogen) atoms. The molecule has 2 aliphatic carbocycles. The second-order valence-corrected chi connectivity index (χ2v) is 12.7. The van der Waals surface area contributed by atoms with Gasteiger partial charge in [-0.05, 0) is 62.4 Å². The minimum atomic E-state index is -0.988. The van der Waals surface area contributed by atoms with Crippen LogP contribution in [-0.4, -0.2) is 60.2 Å². The summed E-state index contributed by atoms with van der Waals surface area (Å²) in [7, 11) is 1.96. The number of likely N-dealkylation sites (N-methyl/N-ethyl adjacent to an activating group) is 1. The summed E-state index contributed by atoms with van der Waals surface area (Å²) in [5, 5.41) is 16.4. The Hall–Kier alpha value is -4.17. The monoisotopic (exact) mass is 640 g/mol. The minimum absolute atomic E-state index is 0.176. The number of hydrogen-bond donors (Lipinski definition) is 3. The maximum atomic E-state index is 12.3. The molecule has 8 nitrogen and oxygen atoms in total. The highest BCUT2D eigenvalue weighted by molar-refractivity contribution is 6.04. The highest BCUT2D eigenvalue weighted by Crippen LogP contribution is 2.22. The molecular weight excluding hydrogens is 588 g/mol. The number of allylic oxidation sites excluding steroid dienone is 2. The largest absolute Gasteiger partial charge is 0.492 e. The van der Waals surface area contributed by atoms with Gasteiger partial charge in [0.25, 0.3) is 0 Å². The van der Waals surface area contributed by atoms with Gasteiger partial charge in [0.05, 0.1) is 6.54 Å². The number of hydrogen-bond acceptors (Lipinski definition) is 7. The lowest BCUT2D eigenvalue weighted by molar-refractivity contribution is -0.139. The fourth-order valence-corrected chi connectivity index (χ4v) is 6.22. The van der Waals surface area contributed by atoms with Gasteiger partial charge in [-0.15, -0.1) is 0 Å². The molecule has 1 unspecified atom stereocenters. The second kappa shape index (κ2) is 19.5. The molecule has 8 heteroatoms. The number of carboxylic acid groups (broad SMARTS) is 1. The first kappa shape index (κ1) is 35.7. The van der Waals surface area contributed by atoms with Crippen molar-refractivity contribution in [3.63, 3.8) is 0 Å². The molecule has 0 amide bonds. The Labute approximate surface area is 280 Å². The van der Waals surface area contributed by atoms with Crippen LogP contribution in [0.1, 0.15) is 87.1 Å². The van der Waals surface area contributed by atoms with Crippen molar-refractivity contribution >= 4 is 17.6 Å². The van der Waals surface area contributed by atoms with Crippen molar-refractivity contribution in [1.29, 1.82) is 0 Å². The van der Waals surface area contributed by atoms with Crippen LogP contribution in [0, 0.1) is 0 Å². The summed E-state index contributed by atoms with van der Waals surface area (Å²) >= 11 is 0. The zero-order valence-electron chi connectivity index (χ0n) is 28.1. The summed E-state index contributed by atoms with van der Waals surface area (Å²) in [5.41, 5.74) is 1.90. The van der Waals surface area contributed by atoms with Crippen LogP contribution in [0.25, 0.3) is 0 Å². The van der Waals surface area contributed by atoms with Crippen molar-refractivity contribution in [2.45, 2.75) is 95.7 Å². The highest BCUT2D eigenvalue weighted by atomic mass is 16.5. The van der Waals surface area contributed by atoms with Gasteiger partial charge in [-0.25, -0.2) is 9.78 Å². The van der Waals surface area contributed by atoms with Crippen LogP contribution in [0.15, 0.2) is 90.8 Å². The van der Waals surface area contributed by atoms with Gasteiger partial charge in [0, 0.05) is 49.1 Å². The van der Waals surface area contributed by atoms with E-state index in [1.165, 1.54) is 70.3 Å². The number of rotatable bonds is 14. The zero-order valence-corrected chi connectivity index (χ0v) is 28.1. The van der Waals surface area contributed by atoms with Crippen LogP contribution in [0.2, 0.25) is 0 Å². The van der Waals surface area contributed by atoms with Crippen LogP contribution < -0.4 is 20.3 Å². The van der Waals surface area contributed by atoms with Crippen molar-refractivity contribution in [2.75, 3.05) is 25.1 Å². The van der Waals surface area contributed by atoms with Crippen LogP contribution in [0.5, 0.6) is 5.75 Å². The Kier molecular flexibility index (Phi) is 14.8. The first-order valence-electron chi connectivity index (χ1n) is 17.2. The van der Waals surface area contributed by atoms with E-state index in [-0.39, 0.29) is 12.2 Å². The molecule has 3 aromatic rings.